The first-order chi connectivity index (χ1) is 8.95. The molecule has 2 heterocycles. The summed E-state index contributed by atoms with van der Waals surface area (Å²) in [5, 5.41) is 2.99. The largest absolute Gasteiger partial charge is 0.433 e. The third-order valence-electron chi connectivity index (χ3n) is 2.32. The number of hydrogen-bond donors (Lipinski definition) is 1. The Morgan fingerprint density at radius 1 is 1.05 bits per heavy atom. The van der Waals surface area contributed by atoms with E-state index in [1.807, 2.05) is 6.07 Å². The quantitative estimate of drug-likeness (QED) is 0.927. The van der Waals surface area contributed by atoms with Crippen molar-refractivity contribution in [1.82, 2.24) is 9.97 Å². The number of rotatable bonds is 3. The van der Waals surface area contributed by atoms with Gasteiger partial charge in [-0.1, -0.05) is 6.07 Å². The summed E-state index contributed by atoms with van der Waals surface area (Å²) in [5.41, 5.74) is -0.240. The molecule has 0 fully saturated rings. The summed E-state index contributed by atoms with van der Waals surface area (Å²) < 4.78 is 37.8. The average Bonchev–Trinajstić information content (AvgIpc) is 2.37. The van der Waals surface area contributed by atoms with Crippen LogP contribution in [0.25, 0.3) is 0 Å². The molecule has 0 aromatic carbocycles. The molecule has 2 rings (SSSR count). The predicted molar refractivity (Wildman–Crippen MR) is 68.5 cm³/mol. The molecule has 0 bridgehead atoms. The smallest absolute Gasteiger partial charge is 0.366 e. The van der Waals surface area contributed by atoms with Crippen LogP contribution in [0, 0.1) is 0 Å². The summed E-state index contributed by atoms with van der Waals surface area (Å²) in [5.74, 6) is 0.642. The molecule has 2 aromatic heterocycles. The molecule has 0 radical (unpaired) electrons. The van der Waals surface area contributed by atoms with Gasteiger partial charge >= 0.3 is 6.18 Å². The molecule has 2 aromatic rings. The van der Waals surface area contributed by atoms with Crippen molar-refractivity contribution in [2.24, 2.45) is 0 Å². The van der Waals surface area contributed by atoms with Crippen molar-refractivity contribution in [1.29, 1.82) is 0 Å². The lowest BCUT2D eigenvalue weighted by Crippen LogP contribution is -2.08. The zero-order valence-corrected chi connectivity index (χ0v) is 11.2. The molecule has 3 nitrogen and oxygen atoms in total. The number of pyridine rings is 2. The Bertz CT molecular complexity index is 538. The summed E-state index contributed by atoms with van der Waals surface area (Å²) in [6.45, 7) is 0.361. The van der Waals surface area contributed by atoms with Crippen LogP contribution in [0.4, 0.5) is 19.0 Å². The second kappa shape index (κ2) is 5.56. The highest BCUT2D eigenvalue weighted by molar-refractivity contribution is 9.10. The van der Waals surface area contributed by atoms with E-state index in [-0.39, 0.29) is 0 Å². The molecule has 0 spiro atoms. The van der Waals surface area contributed by atoms with Gasteiger partial charge in [0.05, 0.1) is 0 Å². The summed E-state index contributed by atoms with van der Waals surface area (Å²) in [4.78, 5) is 7.48. The Labute approximate surface area is 116 Å². The van der Waals surface area contributed by atoms with Crippen molar-refractivity contribution in [3.05, 3.63) is 52.4 Å². The first-order valence-electron chi connectivity index (χ1n) is 5.33. The number of nitrogens with one attached hydrogen (secondary N) is 1. The van der Waals surface area contributed by atoms with Gasteiger partial charge < -0.3 is 5.32 Å². The third kappa shape index (κ3) is 3.92. The lowest BCUT2D eigenvalue weighted by molar-refractivity contribution is -0.141. The highest BCUT2D eigenvalue weighted by Gasteiger charge is 2.31. The van der Waals surface area contributed by atoms with E-state index in [1.54, 1.807) is 12.3 Å². The van der Waals surface area contributed by atoms with Gasteiger partial charge in [0.2, 0.25) is 0 Å². The maximum Gasteiger partial charge on any atom is 0.433 e. The molecule has 7 heteroatoms. The van der Waals surface area contributed by atoms with Crippen molar-refractivity contribution < 1.29 is 13.2 Å². The molecule has 0 saturated carbocycles. The standard InChI is InChI=1S/C12H9BrF3N3/c13-9-2-4-11(19-7-9)18-6-8-1-3-10(17-5-8)12(14,15)16/h1-5,7H,6H2,(H,18,19). The van der Waals surface area contributed by atoms with E-state index in [2.05, 4.69) is 31.2 Å². The maximum absolute atomic E-state index is 12.3. The third-order valence-corrected chi connectivity index (χ3v) is 2.79. The molecule has 100 valence electrons. The van der Waals surface area contributed by atoms with Gasteiger partial charge in [-0.25, -0.2) is 4.98 Å². The van der Waals surface area contributed by atoms with Crippen molar-refractivity contribution in [3.8, 4) is 0 Å². The van der Waals surface area contributed by atoms with Gasteiger partial charge in [-0.2, -0.15) is 13.2 Å². The SMILES string of the molecule is FC(F)(F)c1ccc(CNc2ccc(Br)cn2)cn1. The molecular formula is C12H9BrF3N3. The van der Waals surface area contributed by atoms with E-state index in [0.29, 0.717) is 17.9 Å². The van der Waals surface area contributed by atoms with Crippen LogP contribution in [-0.4, -0.2) is 9.97 Å². The Balaban J connectivity index is 1.98. The van der Waals surface area contributed by atoms with Gasteiger partial charge in [0.15, 0.2) is 0 Å². The number of hydrogen-bond acceptors (Lipinski definition) is 3. The second-order valence-corrected chi connectivity index (χ2v) is 4.68. The van der Waals surface area contributed by atoms with Crippen molar-refractivity contribution in [2.45, 2.75) is 12.7 Å². The summed E-state index contributed by atoms with van der Waals surface area (Å²) >= 11 is 3.26. The van der Waals surface area contributed by atoms with Crippen LogP contribution in [0.3, 0.4) is 0 Å². The van der Waals surface area contributed by atoms with Crippen LogP contribution in [-0.2, 0) is 12.7 Å². The van der Waals surface area contributed by atoms with E-state index >= 15 is 0 Å². The van der Waals surface area contributed by atoms with Gasteiger partial charge in [-0.3, -0.25) is 4.98 Å². The fourth-order valence-electron chi connectivity index (χ4n) is 1.37. The summed E-state index contributed by atoms with van der Waals surface area (Å²) in [6.07, 6.45) is -1.57. The van der Waals surface area contributed by atoms with Crippen LogP contribution < -0.4 is 5.32 Å². The monoisotopic (exact) mass is 331 g/mol. The van der Waals surface area contributed by atoms with Gasteiger partial charge in [-0.05, 0) is 39.7 Å². The Hall–Kier alpha value is -1.63. The van der Waals surface area contributed by atoms with E-state index in [9.17, 15) is 13.2 Å². The van der Waals surface area contributed by atoms with Crippen LogP contribution in [0.5, 0.6) is 0 Å². The minimum Gasteiger partial charge on any atom is -0.366 e. The molecule has 0 aliphatic carbocycles. The molecule has 0 unspecified atom stereocenters. The van der Waals surface area contributed by atoms with Gasteiger partial charge in [-0.15, -0.1) is 0 Å². The second-order valence-electron chi connectivity index (χ2n) is 3.76. The Kier molecular flexibility index (Phi) is 4.04. The number of alkyl halides is 3. The molecular weight excluding hydrogens is 323 g/mol. The first-order valence-corrected chi connectivity index (χ1v) is 6.12. The molecule has 0 atom stereocenters. The normalized spacial score (nSPS) is 11.4. The van der Waals surface area contributed by atoms with Crippen LogP contribution in [0.1, 0.15) is 11.3 Å². The molecule has 19 heavy (non-hydrogen) atoms. The van der Waals surface area contributed by atoms with E-state index in [1.165, 1.54) is 12.3 Å². The minimum atomic E-state index is -4.40. The topological polar surface area (TPSA) is 37.8 Å². The lowest BCUT2D eigenvalue weighted by atomic mass is 10.2. The molecule has 0 aliphatic rings. The van der Waals surface area contributed by atoms with Crippen LogP contribution in [0.2, 0.25) is 0 Å². The summed E-state index contributed by atoms with van der Waals surface area (Å²) in [7, 11) is 0. The van der Waals surface area contributed by atoms with E-state index in [0.717, 1.165) is 10.5 Å². The van der Waals surface area contributed by atoms with Gasteiger partial charge in [0, 0.05) is 23.4 Å². The highest BCUT2D eigenvalue weighted by atomic mass is 79.9. The predicted octanol–water partition coefficient (Wildman–Crippen LogP) is 3.87. The van der Waals surface area contributed by atoms with Gasteiger partial charge in [0.1, 0.15) is 11.5 Å². The van der Waals surface area contributed by atoms with Gasteiger partial charge in [0.25, 0.3) is 0 Å². The maximum atomic E-state index is 12.3. The number of halogens is 4. The Morgan fingerprint density at radius 3 is 2.37 bits per heavy atom. The minimum absolute atomic E-state index is 0.361. The van der Waals surface area contributed by atoms with Crippen molar-refractivity contribution in [3.63, 3.8) is 0 Å². The number of aromatic nitrogens is 2. The van der Waals surface area contributed by atoms with Crippen molar-refractivity contribution in [2.75, 3.05) is 5.32 Å². The zero-order valence-electron chi connectivity index (χ0n) is 9.58. The molecule has 0 amide bonds. The van der Waals surface area contributed by atoms with Crippen LogP contribution in [0.15, 0.2) is 41.1 Å². The van der Waals surface area contributed by atoms with Crippen LogP contribution >= 0.6 is 15.9 Å². The van der Waals surface area contributed by atoms with E-state index < -0.39 is 11.9 Å². The highest BCUT2D eigenvalue weighted by Crippen LogP contribution is 2.27. The number of nitrogens with zero attached hydrogens (tertiary/aromatic N) is 2. The number of anilines is 1. The fraction of sp³-hybridized carbons (Fsp3) is 0.167. The van der Waals surface area contributed by atoms with E-state index in [4.69, 9.17) is 0 Å². The molecule has 0 aliphatic heterocycles. The fourth-order valence-corrected chi connectivity index (χ4v) is 1.60. The Morgan fingerprint density at radius 2 is 1.84 bits per heavy atom. The van der Waals surface area contributed by atoms with Crippen molar-refractivity contribution >= 4 is 21.7 Å². The molecule has 0 saturated heterocycles. The lowest BCUT2D eigenvalue weighted by Gasteiger charge is -2.08. The summed E-state index contributed by atoms with van der Waals surface area (Å²) in [6, 6.07) is 5.94. The average molecular weight is 332 g/mol. The zero-order chi connectivity index (χ0) is 13.9. The first kappa shape index (κ1) is 13.8. The molecule has 1 N–H and O–H groups in total.